The normalized spacial score (nSPS) is 14.7. The molecule has 23 heavy (non-hydrogen) atoms. The van der Waals surface area contributed by atoms with Crippen molar-refractivity contribution in [3.63, 3.8) is 0 Å². The number of carboxylic acids is 1. The summed E-state index contributed by atoms with van der Waals surface area (Å²) in [6.07, 6.45) is 1.61. The van der Waals surface area contributed by atoms with E-state index in [4.69, 9.17) is 4.74 Å². The quantitative estimate of drug-likeness (QED) is 0.761. The van der Waals surface area contributed by atoms with E-state index in [2.05, 4.69) is 4.74 Å². The molecule has 0 spiro atoms. The Morgan fingerprint density at radius 1 is 1.35 bits per heavy atom. The molecule has 7 heteroatoms. The molecule has 1 aromatic rings. The number of carbonyl (C=O) groups is 3. The number of hydrogen-bond donors (Lipinski definition) is 1. The third-order valence-electron chi connectivity index (χ3n) is 3.61. The number of ether oxygens (including phenoxy) is 2. The van der Waals surface area contributed by atoms with Crippen LogP contribution in [0.3, 0.4) is 0 Å². The maximum absolute atomic E-state index is 12.6. The minimum Gasteiger partial charge on any atom is -0.482 e. The number of aliphatic carboxylic acids is 1. The Morgan fingerprint density at radius 2 is 2.04 bits per heavy atom. The van der Waals surface area contributed by atoms with Crippen LogP contribution >= 0.6 is 0 Å². The molecule has 124 valence electrons. The van der Waals surface area contributed by atoms with Crippen molar-refractivity contribution in [2.75, 3.05) is 13.7 Å². The standard InChI is InChI=1S/C16H19NO6/c1-10(16(20)21)17(12-6-7-12)15(19)11-4-3-5-13(8-11)23-9-14(18)22-2/h3-5,8,10,12H,6-7,9H2,1-2H3,(H,20,21). The monoisotopic (exact) mass is 321 g/mol. The van der Waals surface area contributed by atoms with E-state index in [1.165, 1.54) is 25.0 Å². The Hall–Kier alpha value is -2.57. The Bertz CT molecular complexity index is 610. The zero-order chi connectivity index (χ0) is 17.0. The average molecular weight is 321 g/mol. The van der Waals surface area contributed by atoms with Gasteiger partial charge in [-0.1, -0.05) is 6.07 Å². The first kappa shape index (κ1) is 16.8. The van der Waals surface area contributed by atoms with Gasteiger partial charge in [0.15, 0.2) is 6.61 Å². The number of benzene rings is 1. The minimum absolute atomic E-state index is 0.0340. The Labute approximate surface area is 133 Å². The highest BCUT2D eigenvalue weighted by atomic mass is 16.6. The van der Waals surface area contributed by atoms with Crippen LogP contribution in [0.2, 0.25) is 0 Å². The molecular weight excluding hydrogens is 302 g/mol. The summed E-state index contributed by atoms with van der Waals surface area (Å²) in [5.74, 6) is -1.57. The molecule has 1 N–H and O–H groups in total. The van der Waals surface area contributed by atoms with E-state index < -0.39 is 18.0 Å². The van der Waals surface area contributed by atoms with Gasteiger partial charge in [0.1, 0.15) is 11.8 Å². The van der Waals surface area contributed by atoms with Crippen LogP contribution in [0.5, 0.6) is 5.75 Å². The van der Waals surface area contributed by atoms with E-state index in [-0.39, 0.29) is 18.6 Å². The van der Waals surface area contributed by atoms with E-state index in [1.54, 1.807) is 18.2 Å². The second-order valence-corrected chi connectivity index (χ2v) is 5.35. The van der Waals surface area contributed by atoms with Crippen molar-refractivity contribution in [1.29, 1.82) is 0 Å². The summed E-state index contributed by atoms with van der Waals surface area (Å²) in [5.41, 5.74) is 0.326. The van der Waals surface area contributed by atoms with Gasteiger partial charge in [0.2, 0.25) is 0 Å². The highest BCUT2D eigenvalue weighted by Crippen LogP contribution is 2.30. The number of nitrogens with zero attached hydrogens (tertiary/aromatic N) is 1. The van der Waals surface area contributed by atoms with Gasteiger partial charge in [0, 0.05) is 11.6 Å². The molecule has 7 nitrogen and oxygen atoms in total. The summed E-state index contributed by atoms with van der Waals surface area (Å²) in [4.78, 5) is 36.3. The van der Waals surface area contributed by atoms with Gasteiger partial charge in [0.05, 0.1) is 7.11 Å². The molecule has 0 bridgehead atoms. The van der Waals surface area contributed by atoms with Gasteiger partial charge < -0.3 is 19.5 Å². The number of carboxylic acid groups (broad SMARTS) is 1. The van der Waals surface area contributed by atoms with Crippen molar-refractivity contribution in [2.24, 2.45) is 0 Å². The van der Waals surface area contributed by atoms with Gasteiger partial charge in [0.25, 0.3) is 5.91 Å². The molecule has 0 saturated heterocycles. The van der Waals surface area contributed by atoms with Gasteiger partial charge in [-0.3, -0.25) is 4.79 Å². The molecule has 0 aliphatic heterocycles. The Morgan fingerprint density at radius 3 is 2.61 bits per heavy atom. The predicted octanol–water partition coefficient (Wildman–Crippen LogP) is 1.32. The van der Waals surface area contributed by atoms with Crippen molar-refractivity contribution in [2.45, 2.75) is 31.8 Å². The molecule has 1 aliphatic carbocycles. The van der Waals surface area contributed by atoms with Gasteiger partial charge in [-0.05, 0) is 38.0 Å². The van der Waals surface area contributed by atoms with Crippen LogP contribution < -0.4 is 4.74 Å². The second-order valence-electron chi connectivity index (χ2n) is 5.35. The maximum atomic E-state index is 12.6. The molecule has 1 unspecified atom stereocenters. The lowest BCUT2D eigenvalue weighted by molar-refractivity contribution is -0.143. The highest BCUT2D eigenvalue weighted by Gasteiger charge is 2.38. The third-order valence-corrected chi connectivity index (χ3v) is 3.61. The Balaban J connectivity index is 2.14. The van der Waals surface area contributed by atoms with Crippen molar-refractivity contribution in [3.8, 4) is 5.75 Å². The van der Waals surface area contributed by atoms with Gasteiger partial charge in [-0.25, -0.2) is 9.59 Å². The number of rotatable bonds is 7. The smallest absolute Gasteiger partial charge is 0.343 e. The second kappa shape index (κ2) is 7.13. The first-order valence-electron chi connectivity index (χ1n) is 7.29. The summed E-state index contributed by atoms with van der Waals surface area (Å²) in [7, 11) is 1.26. The van der Waals surface area contributed by atoms with Crippen LogP contribution in [0, 0.1) is 0 Å². The number of hydrogen-bond acceptors (Lipinski definition) is 5. The SMILES string of the molecule is COC(=O)COc1cccc(C(=O)N(C2CC2)C(C)C(=O)O)c1. The van der Waals surface area contributed by atoms with E-state index in [0.717, 1.165) is 12.8 Å². The lowest BCUT2D eigenvalue weighted by Gasteiger charge is -2.26. The first-order valence-corrected chi connectivity index (χ1v) is 7.29. The third kappa shape index (κ3) is 4.21. The van der Waals surface area contributed by atoms with Crippen LogP contribution in [-0.4, -0.2) is 53.7 Å². The van der Waals surface area contributed by atoms with E-state index in [9.17, 15) is 19.5 Å². The fourth-order valence-electron chi connectivity index (χ4n) is 2.20. The molecule has 1 aliphatic rings. The Kier molecular flexibility index (Phi) is 5.20. The highest BCUT2D eigenvalue weighted by molar-refractivity contribution is 5.97. The van der Waals surface area contributed by atoms with Crippen molar-refractivity contribution < 1.29 is 29.0 Å². The van der Waals surface area contributed by atoms with E-state index in [0.29, 0.717) is 11.3 Å². The molecule has 1 atom stereocenters. The zero-order valence-electron chi connectivity index (χ0n) is 13.0. The number of esters is 1. The van der Waals surface area contributed by atoms with Crippen LogP contribution in [0.1, 0.15) is 30.1 Å². The first-order chi connectivity index (χ1) is 10.9. The summed E-state index contributed by atoms with van der Waals surface area (Å²) in [6, 6.07) is 5.40. The average Bonchev–Trinajstić information content (AvgIpc) is 3.37. The minimum atomic E-state index is -1.04. The fraction of sp³-hybridized carbons (Fsp3) is 0.438. The maximum Gasteiger partial charge on any atom is 0.343 e. The molecule has 1 amide bonds. The van der Waals surface area contributed by atoms with E-state index >= 15 is 0 Å². The summed E-state index contributed by atoms with van der Waals surface area (Å²) >= 11 is 0. The molecule has 1 aromatic carbocycles. The van der Waals surface area contributed by atoms with Crippen molar-refractivity contribution in [3.05, 3.63) is 29.8 Å². The van der Waals surface area contributed by atoms with Crippen molar-refractivity contribution >= 4 is 17.8 Å². The van der Waals surface area contributed by atoms with Crippen LogP contribution in [-0.2, 0) is 14.3 Å². The number of amides is 1. The summed E-state index contributed by atoms with van der Waals surface area (Å²) in [6.45, 7) is 1.24. The van der Waals surface area contributed by atoms with Gasteiger partial charge >= 0.3 is 11.9 Å². The van der Waals surface area contributed by atoms with Crippen molar-refractivity contribution in [1.82, 2.24) is 4.90 Å². The molecule has 1 fully saturated rings. The molecule has 0 aromatic heterocycles. The topological polar surface area (TPSA) is 93.1 Å². The molecule has 0 heterocycles. The number of carbonyl (C=O) groups excluding carboxylic acids is 2. The molecule has 2 rings (SSSR count). The predicted molar refractivity (Wildman–Crippen MR) is 80.2 cm³/mol. The van der Waals surface area contributed by atoms with Crippen LogP contribution in [0.15, 0.2) is 24.3 Å². The van der Waals surface area contributed by atoms with Gasteiger partial charge in [-0.2, -0.15) is 0 Å². The largest absolute Gasteiger partial charge is 0.482 e. The molecule has 1 saturated carbocycles. The van der Waals surface area contributed by atoms with Crippen LogP contribution in [0.25, 0.3) is 0 Å². The lowest BCUT2D eigenvalue weighted by atomic mass is 10.1. The zero-order valence-corrected chi connectivity index (χ0v) is 13.0. The molecule has 0 radical (unpaired) electrons. The fourth-order valence-corrected chi connectivity index (χ4v) is 2.20. The van der Waals surface area contributed by atoms with Crippen LogP contribution in [0.4, 0.5) is 0 Å². The summed E-state index contributed by atoms with van der Waals surface area (Å²) in [5, 5.41) is 9.18. The van der Waals surface area contributed by atoms with E-state index in [1.807, 2.05) is 0 Å². The molecular formula is C16H19NO6. The lowest BCUT2D eigenvalue weighted by Crippen LogP contribution is -2.44. The summed E-state index contributed by atoms with van der Waals surface area (Å²) < 4.78 is 9.73. The number of methoxy groups -OCH3 is 1. The van der Waals surface area contributed by atoms with Gasteiger partial charge in [-0.15, -0.1) is 0 Å².